The Bertz CT molecular complexity index is 91.3. The summed E-state index contributed by atoms with van der Waals surface area (Å²) < 4.78 is 5.05. The standard InChI is InChI=1S/C8H17NO/c1-3-4-7(2)9-8-5-10-6-8/h7-9H,3-6H2,1-2H3. The molecule has 60 valence electrons. The fourth-order valence-corrected chi connectivity index (χ4v) is 1.25. The third kappa shape index (κ3) is 2.27. The maximum Gasteiger partial charge on any atom is 0.0643 e. The van der Waals surface area contributed by atoms with Crippen LogP contribution in [0.2, 0.25) is 0 Å². The molecule has 1 fully saturated rings. The third-order valence-electron chi connectivity index (χ3n) is 1.88. The molecule has 1 unspecified atom stereocenters. The van der Waals surface area contributed by atoms with Gasteiger partial charge in [-0.25, -0.2) is 0 Å². The first kappa shape index (κ1) is 8.02. The largest absolute Gasteiger partial charge is 0.378 e. The molecule has 0 aromatic heterocycles. The van der Waals surface area contributed by atoms with Crippen LogP contribution in [0.5, 0.6) is 0 Å². The first-order valence-electron chi connectivity index (χ1n) is 4.16. The molecule has 0 aliphatic carbocycles. The van der Waals surface area contributed by atoms with Crippen LogP contribution in [0.4, 0.5) is 0 Å². The summed E-state index contributed by atoms with van der Waals surface area (Å²) in [5.74, 6) is 0. The maximum absolute atomic E-state index is 5.05. The Hall–Kier alpha value is -0.0800. The number of rotatable bonds is 4. The first-order chi connectivity index (χ1) is 4.83. The highest BCUT2D eigenvalue weighted by atomic mass is 16.5. The van der Waals surface area contributed by atoms with E-state index in [0.29, 0.717) is 12.1 Å². The van der Waals surface area contributed by atoms with Crippen LogP contribution in [-0.2, 0) is 4.74 Å². The van der Waals surface area contributed by atoms with E-state index in [-0.39, 0.29) is 0 Å². The Morgan fingerprint density at radius 3 is 2.70 bits per heavy atom. The second-order valence-electron chi connectivity index (χ2n) is 3.09. The van der Waals surface area contributed by atoms with E-state index in [1.807, 2.05) is 0 Å². The molecule has 2 heteroatoms. The van der Waals surface area contributed by atoms with Crippen LogP contribution in [0, 0.1) is 0 Å². The monoisotopic (exact) mass is 143 g/mol. The summed E-state index contributed by atoms with van der Waals surface area (Å²) in [5, 5.41) is 3.49. The molecule has 0 spiro atoms. The highest BCUT2D eigenvalue weighted by Gasteiger charge is 2.18. The van der Waals surface area contributed by atoms with Gasteiger partial charge in [0.1, 0.15) is 0 Å². The lowest BCUT2D eigenvalue weighted by atomic mass is 10.1. The number of hydrogen-bond donors (Lipinski definition) is 1. The van der Waals surface area contributed by atoms with Crippen molar-refractivity contribution in [2.24, 2.45) is 0 Å². The molecule has 0 aromatic rings. The SMILES string of the molecule is CCCC(C)NC1COC1. The lowest BCUT2D eigenvalue weighted by Crippen LogP contribution is -2.49. The van der Waals surface area contributed by atoms with Crippen molar-refractivity contribution >= 4 is 0 Å². The number of hydrogen-bond acceptors (Lipinski definition) is 2. The van der Waals surface area contributed by atoms with Crippen molar-refractivity contribution in [3.05, 3.63) is 0 Å². The van der Waals surface area contributed by atoms with Crippen LogP contribution < -0.4 is 5.32 Å². The summed E-state index contributed by atoms with van der Waals surface area (Å²) in [6.07, 6.45) is 2.54. The minimum atomic E-state index is 0.640. The average Bonchev–Trinajstić information content (AvgIpc) is 1.80. The predicted molar refractivity (Wildman–Crippen MR) is 42.1 cm³/mol. The van der Waals surface area contributed by atoms with E-state index in [1.165, 1.54) is 12.8 Å². The predicted octanol–water partition coefficient (Wildman–Crippen LogP) is 1.16. The van der Waals surface area contributed by atoms with Crippen LogP contribution in [0.25, 0.3) is 0 Å². The normalized spacial score (nSPS) is 22.2. The lowest BCUT2D eigenvalue weighted by Gasteiger charge is -2.30. The molecule has 1 saturated heterocycles. The van der Waals surface area contributed by atoms with Gasteiger partial charge in [-0.3, -0.25) is 0 Å². The molecule has 0 saturated carbocycles. The van der Waals surface area contributed by atoms with Crippen LogP contribution in [0.1, 0.15) is 26.7 Å². The maximum atomic E-state index is 5.05. The van der Waals surface area contributed by atoms with E-state index in [2.05, 4.69) is 19.2 Å². The van der Waals surface area contributed by atoms with Gasteiger partial charge in [0.15, 0.2) is 0 Å². The smallest absolute Gasteiger partial charge is 0.0643 e. The van der Waals surface area contributed by atoms with Crippen LogP contribution >= 0.6 is 0 Å². The van der Waals surface area contributed by atoms with Gasteiger partial charge in [0, 0.05) is 6.04 Å². The van der Waals surface area contributed by atoms with E-state index in [1.54, 1.807) is 0 Å². The highest BCUT2D eigenvalue weighted by molar-refractivity contribution is 4.75. The Kier molecular flexibility index (Phi) is 3.16. The number of ether oxygens (including phenoxy) is 1. The molecule has 0 amide bonds. The second kappa shape index (κ2) is 3.94. The van der Waals surface area contributed by atoms with Gasteiger partial charge in [-0.15, -0.1) is 0 Å². The van der Waals surface area contributed by atoms with Gasteiger partial charge in [0.2, 0.25) is 0 Å². The summed E-state index contributed by atoms with van der Waals surface area (Å²) in [4.78, 5) is 0. The minimum Gasteiger partial charge on any atom is -0.378 e. The molecule has 0 aromatic carbocycles. The zero-order valence-electron chi connectivity index (χ0n) is 6.89. The van der Waals surface area contributed by atoms with Gasteiger partial charge in [0.25, 0.3) is 0 Å². The fraction of sp³-hybridized carbons (Fsp3) is 1.00. The average molecular weight is 143 g/mol. The van der Waals surface area contributed by atoms with Gasteiger partial charge in [-0.05, 0) is 13.3 Å². The molecule has 0 radical (unpaired) electrons. The molecular formula is C8H17NO. The summed E-state index contributed by atoms with van der Waals surface area (Å²) >= 11 is 0. The molecule has 1 atom stereocenters. The quantitative estimate of drug-likeness (QED) is 0.637. The van der Waals surface area contributed by atoms with E-state index in [4.69, 9.17) is 4.74 Å². The Balaban J connectivity index is 1.99. The Morgan fingerprint density at radius 1 is 1.60 bits per heavy atom. The molecule has 2 nitrogen and oxygen atoms in total. The third-order valence-corrected chi connectivity index (χ3v) is 1.88. The minimum absolute atomic E-state index is 0.640. The van der Waals surface area contributed by atoms with Gasteiger partial charge in [0.05, 0.1) is 19.3 Å². The van der Waals surface area contributed by atoms with Crippen molar-refractivity contribution in [2.75, 3.05) is 13.2 Å². The topological polar surface area (TPSA) is 21.3 Å². The molecule has 1 N–H and O–H groups in total. The molecule has 1 heterocycles. The second-order valence-corrected chi connectivity index (χ2v) is 3.09. The van der Waals surface area contributed by atoms with E-state index >= 15 is 0 Å². The van der Waals surface area contributed by atoms with Crippen LogP contribution in [0.15, 0.2) is 0 Å². The molecular weight excluding hydrogens is 126 g/mol. The van der Waals surface area contributed by atoms with Crippen molar-refractivity contribution in [1.82, 2.24) is 5.32 Å². The Labute approximate surface area is 63.0 Å². The molecule has 10 heavy (non-hydrogen) atoms. The van der Waals surface area contributed by atoms with Crippen LogP contribution in [-0.4, -0.2) is 25.3 Å². The summed E-state index contributed by atoms with van der Waals surface area (Å²) in [7, 11) is 0. The van der Waals surface area contributed by atoms with Crippen molar-refractivity contribution in [3.63, 3.8) is 0 Å². The molecule has 0 bridgehead atoms. The zero-order chi connectivity index (χ0) is 7.40. The molecule has 1 aliphatic rings. The first-order valence-corrected chi connectivity index (χ1v) is 4.16. The van der Waals surface area contributed by atoms with Crippen LogP contribution in [0.3, 0.4) is 0 Å². The van der Waals surface area contributed by atoms with Crippen molar-refractivity contribution in [1.29, 1.82) is 0 Å². The van der Waals surface area contributed by atoms with E-state index < -0.39 is 0 Å². The van der Waals surface area contributed by atoms with Gasteiger partial charge in [-0.2, -0.15) is 0 Å². The van der Waals surface area contributed by atoms with Crippen molar-refractivity contribution in [3.8, 4) is 0 Å². The lowest BCUT2D eigenvalue weighted by molar-refractivity contribution is -0.00950. The van der Waals surface area contributed by atoms with Gasteiger partial charge >= 0.3 is 0 Å². The highest BCUT2D eigenvalue weighted by Crippen LogP contribution is 2.03. The number of nitrogens with one attached hydrogen (secondary N) is 1. The Morgan fingerprint density at radius 2 is 2.30 bits per heavy atom. The van der Waals surface area contributed by atoms with Crippen molar-refractivity contribution < 1.29 is 4.74 Å². The van der Waals surface area contributed by atoms with E-state index in [9.17, 15) is 0 Å². The van der Waals surface area contributed by atoms with E-state index in [0.717, 1.165) is 13.2 Å². The summed E-state index contributed by atoms with van der Waals surface area (Å²) in [6.45, 7) is 6.28. The summed E-state index contributed by atoms with van der Waals surface area (Å²) in [6, 6.07) is 1.31. The zero-order valence-corrected chi connectivity index (χ0v) is 6.89. The van der Waals surface area contributed by atoms with Gasteiger partial charge in [-0.1, -0.05) is 13.3 Å². The summed E-state index contributed by atoms with van der Waals surface area (Å²) in [5.41, 5.74) is 0. The molecule has 1 rings (SSSR count). The van der Waals surface area contributed by atoms with Gasteiger partial charge < -0.3 is 10.1 Å². The molecule has 1 aliphatic heterocycles. The van der Waals surface area contributed by atoms with Crippen molar-refractivity contribution in [2.45, 2.75) is 38.8 Å². The fourth-order valence-electron chi connectivity index (χ4n) is 1.25.